The van der Waals surface area contributed by atoms with Crippen molar-refractivity contribution >= 4 is 0 Å². The molecule has 4 heteroatoms. The normalized spacial score (nSPS) is 25.3. The van der Waals surface area contributed by atoms with E-state index in [0.29, 0.717) is 6.42 Å². The average molecular weight is 140 g/mol. The molecule has 0 heterocycles. The molecule has 3 N–H and O–H groups in total. The van der Waals surface area contributed by atoms with Crippen molar-refractivity contribution in [3.63, 3.8) is 0 Å². The summed E-state index contributed by atoms with van der Waals surface area (Å²) in [6.45, 7) is 0. The second-order valence-electron chi connectivity index (χ2n) is 2.63. The van der Waals surface area contributed by atoms with Crippen LogP contribution in [0.1, 0.15) is 19.3 Å². The van der Waals surface area contributed by atoms with Gasteiger partial charge in [-0.05, 0) is 6.42 Å². The van der Waals surface area contributed by atoms with E-state index in [1.54, 1.807) is 0 Å². The van der Waals surface area contributed by atoms with E-state index in [1.165, 1.54) is 0 Å². The molecule has 0 bridgehead atoms. The molecule has 0 spiro atoms. The van der Waals surface area contributed by atoms with Crippen LogP contribution in [0.5, 0.6) is 0 Å². The molecule has 0 atom stereocenters. The smallest absolute Gasteiger partial charge is 0.345 e. The highest BCUT2D eigenvalue weighted by Crippen LogP contribution is 2.41. The number of hydrogen-bond donors (Lipinski definition) is 1. The molecule has 0 amide bonds. The zero-order valence-corrected chi connectivity index (χ0v) is 4.96. The van der Waals surface area contributed by atoms with Gasteiger partial charge in [0.1, 0.15) is 0 Å². The fourth-order valence-corrected chi connectivity index (χ4v) is 0.887. The lowest BCUT2D eigenvalue weighted by atomic mass is 9.77. The van der Waals surface area contributed by atoms with Crippen LogP contribution in [0.4, 0.5) is 13.2 Å². The molecule has 1 aliphatic carbocycles. The van der Waals surface area contributed by atoms with Gasteiger partial charge in [0.15, 0.2) is 5.54 Å². The fourth-order valence-electron chi connectivity index (χ4n) is 0.887. The summed E-state index contributed by atoms with van der Waals surface area (Å²) in [5.41, 5.74) is 1.53. The Hall–Kier alpha value is -0.250. The van der Waals surface area contributed by atoms with E-state index < -0.39 is 11.7 Å². The molecule has 0 aromatic carbocycles. The Kier molecular flexibility index (Phi) is 1.24. The highest BCUT2D eigenvalue weighted by molar-refractivity contribution is 4.92. The van der Waals surface area contributed by atoms with E-state index >= 15 is 0 Å². The Bertz CT molecular complexity index is 114. The molecule has 1 aliphatic rings. The Balaban J connectivity index is 2.59. The molecule has 1 saturated carbocycles. The molecule has 0 unspecified atom stereocenters. The Labute approximate surface area is 51.0 Å². The number of quaternary nitrogens is 1. The van der Waals surface area contributed by atoms with Gasteiger partial charge >= 0.3 is 6.18 Å². The lowest BCUT2D eigenvalue weighted by Gasteiger charge is -2.35. The van der Waals surface area contributed by atoms with Gasteiger partial charge in [-0.3, -0.25) is 0 Å². The number of halogens is 3. The first kappa shape index (κ1) is 6.86. The highest BCUT2D eigenvalue weighted by Gasteiger charge is 2.59. The van der Waals surface area contributed by atoms with Crippen molar-refractivity contribution in [2.75, 3.05) is 0 Å². The van der Waals surface area contributed by atoms with Crippen LogP contribution in [-0.4, -0.2) is 11.7 Å². The highest BCUT2D eigenvalue weighted by atomic mass is 19.4. The summed E-state index contributed by atoms with van der Waals surface area (Å²) in [5, 5.41) is 0. The average Bonchev–Trinajstić information content (AvgIpc) is 1.57. The maximum atomic E-state index is 11.8. The first-order valence-electron chi connectivity index (χ1n) is 2.88. The first-order valence-corrected chi connectivity index (χ1v) is 2.88. The molecule has 0 radical (unpaired) electrons. The minimum atomic E-state index is -4.08. The van der Waals surface area contributed by atoms with Crippen LogP contribution in [0, 0.1) is 0 Å². The maximum absolute atomic E-state index is 11.8. The molecule has 0 aromatic heterocycles. The van der Waals surface area contributed by atoms with Crippen LogP contribution in [0.25, 0.3) is 0 Å². The minimum absolute atomic E-state index is 0.205. The molecule has 0 aromatic rings. The van der Waals surface area contributed by atoms with Gasteiger partial charge in [0.25, 0.3) is 0 Å². The van der Waals surface area contributed by atoms with E-state index in [1.807, 2.05) is 0 Å². The monoisotopic (exact) mass is 140 g/mol. The van der Waals surface area contributed by atoms with Crippen LogP contribution >= 0.6 is 0 Å². The van der Waals surface area contributed by atoms with Gasteiger partial charge in [0, 0.05) is 12.8 Å². The van der Waals surface area contributed by atoms with Crippen molar-refractivity contribution in [2.24, 2.45) is 0 Å². The quantitative estimate of drug-likeness (QED) is 0.513. The van der Waals surface area contributed by atoms with E-state index in [2.05, 4.69) is 5.73 Å². The van der Waals surface area contributed by atoms with Crippen molar-refractivity contribution in [1.82, 2.24) is 0 Å². The molecular formula is C5H9F3N+. The molecule has 1 nitrogen and oxygen atoms in total. The van der Waals surface area contributed by atoms with E-state index in [-0.39, 0.29) is 12.8 Å². The third-order valence-electron chi connectivity index (χ3n) is 1.91. The summed E-state index contributed by atoms with van der Waals surface area (Å²) in [6.07, 6.45) is -3.00. The van der Waals surface area contributed by atoms with Crippen molar-refractivity contribution in [1.29, 1.82) is 0 Å². The third-order valence-corrected chi connectivity index (χ3v) is 1.91. The zero-order valence-electron chi connectivity index (χ0n) is 4.96. The summed E-state index contributed by atoms with van der Waals surface area (Å²) in [7, 11) is 0. The Morgan fingerprint density at radius 3 is 1.67 bits per heavy atom. The number of alkyl halides is 3. The standard InChI is InChI=1S/C5H8F3N/c6-5(7,8)4(9)2-1-3-4/h1-3,9H2/p+1. The van der Waals surface area contributed by atoms with Crippen LogP contribution in [-0.2, 0) is 0 Å². The topological polar surface area (TPSA) is 27.6 Å². The van der Waals surface area contributed by atoms with Crippen molar-refractivity contribution < 1.29 is 18.9 Å². The molecule has 9 heavy (non-hydrogen) atoms. The molecule has 0 aliphatic heterocycles. The van der Waals surface area contributed by atoms with Crippen LogP contribution < -0.4 is 5.73 Å². The Morgan fingerprint density at radius 1 is 1.22 bits per heavy atom. The first-order chi connectivity index (χ1) is 3.96. The maximum Gasteiger partial charge on any atom is 0.444 e. The molecule has 54 valence electrons. The molecule has 1 rings (SSSR count). The van der Waals surface area contributed by atoms with E-state index in [0.717, 1.165) is 0 Å². The SMILES string of the molecule is [NH3+]C1(C(F)(F)F)CCC1. The van der Waals surface area contributed by atoms with Crippen LogP contribution in [0.3, 0.4) is 0 Å². The molecule has 1 fully saturated rings. The molecule has 0 saturated heterocycles. The van der Waals surface area contributed by atoms with Gasteiger partial charge in [-0.1, -0.05) is 0 Å². The Morgan fingerprint density at radius 2 is 1.67 bits per heavy atom. The summed E-state index contributed by atoms with van der Waals surface area (Å²) in [6, 6.07) is 0. The molecular weight excluding hydrogens is 131 g/mol. The van der Waals surface area contributed by atoms with E-state index in [4.69, 9.17) is 0 Å². The summed E-state index contributed by atoms with van der Waals surface area (Å²) in [5.74, 6) is 0. The predicted molar refractivity (Wildman–Crippen MR) is 25.5 cm³/mol. The van der Waals surface area contributed by atoms with Gasteiger partial charge in [0.2, 0.25) is 0 Å². The van der Waals surface area contributed by atoms with Gasteiger partial charge < -0.3 is 5.73 Å². The largest absolute Gasteiger partial charge is 0.444 e. The van der Waals surface area contributed by atoms with Crippen LogP contribution in [0.2, 0.25) is 0 Å². The van der Waals surface area contributed by atoms with Crippen molar-refractivity contribution in [3.8, 4) is 0 Å². The van der Waals surface area contributed by atoms with Gasteiger partial charge in [0.05, 0.1) is 0 Å². The lowest BCUT2D eigenvalue weighted by Crippen LogP contribution is -2.82. The van der Waals surface area contributed by atoms with Gasteiger partial charge in [-0.15, -0.1) is 0 Å². The van der Waals surface area contributed by atoms with Crippen LogP contribution in [0.15, 0.2) is 0 Å². The zero-order chi connectivity index (χ0) is 7.12. The van der Waals surface area contributed by atoms with Gasteiger partial charge in [-0.2, -0.15) is 13.2 Å². The fraction of sp³-hybridized carbons (Fsp3) is 1.00. The van der Waals surface area contributed by atoms with E-state index in [9.17, 15) is 13.2 Å². The van der Waals surface area contributed by atoms with Gasteiger partial charge in [-0.25, -0.2) is 0 Å². The summed E-state index contributed by atoms with van der Waals surface area (Å²) in [4.78, 5) is 0. The van der Waals surface area contributed by atoms with Crippen molar-refractivity contribution in [2.45, 2.75) is 31.0 Å². The second-order valence-corrected chi connectivity index (χ2v) is 2.63. The van der Waals surface area contributed by atoms with Crippen molar-refractivity contribution in [3.05, 3.63) is 0 Å². The second kappa shape index (κ2) is 1.62. The summed E-state index contributed by atoms with van der Waals surface area (Å²) >= 11 is 0. The predicted octanol–water partition coefficient (Wildman–Crippen LogP) is 0.713. The third kappa shape index (κ3) is 0.913. The summed E-state index contributed by atoms with van der Waals surface area (Å²) < 4.78 is 35.5. The number of rotatable bonds is 0. The minimum Gasteiger partial charge on any atom is -0.345 e. The number of hydrogen-bond acceptors (Lipinski definition) is 0. The lowest BCUT2D eigenvalue weighted by molar-refractivity contribution is -0.558.